The summed E-state index contributed by atoms with van der Waals surface area (Å²) < 4.78 is 32.0. The topological polar surface area (TPSA) is 85.7 Å². The lowest BCUT2D eigenvalue weighted by molar-refractivity contribution is 0.0603. The van der Waals surface area contributed by atoms with Gasteiger partial charge < -0.3 is 4.74 Å². The number of rotatable bonds is 4. The second-order valence-corrected chi connectivity index (χ2v) is 8.62. The highest BCUT2D eigenvalue weighted by atomic mass is 32.2. The molecule has 0 N–H and O–H groups in total. The number of ether oxygens (including phenoxy) is 1. The SMILES string of the molecule is CCS(=O)(=O)N1CCCC(C(=O)n2cc(C(=O)OC)c3ccccc32)C1. The molecule has 1 aliphatic rings. The van der Waals surface area contributed by atoms with Gasteiger partial charge in [0.05, 0.1) is 29.9 Å². The van der Waals surface area contributed by atoms with E-state index in [1.807, 2.05) is 0 Å². The van der Waals surface area contributed by atoms with Gasteiger partial charge in [-0.15, -0.1) is 0 Å². The van der Waals surface area contributed by atoms with E-state index in [-0.39, 0.29) is 18.2 Å². The van der Waals surface area contributed by atoms with Gasteiger partial charge in [0.15, 0.2) is 0 Å². The monoisotopic (exact) mass is 378 g/mol. The van der Waals surface area contributed by atoms with Gasteiger partial charge in [-0.1, -0.05) is 18.2 Å². The molecular weight excluding hydrogens is 356 g/mol. The van der Waals surface area contributed by atoms with Crippen molar-refractivity contribution in [1.82, 2.24) is 8.87 Å². The maximum absolute atomic E-state index is 13.1. The molecule has 1 unspecified atom stereocenters. The van der Waals surface area contributed by atoms with E-state index in [1.165, 1.54) is 22.2 Å². The van der Waals surface area contributed by atoms with Gasteiger partial charge in [-0.05, 0) is 25.8 Å². The normalized spacial score (nSPS) is 18.8. The van der Waals surface area contributed by atoms with Crippen LogP contribution in [0, 0.1) is 5.92 Å². The van der Waals surface area contributed by atoms with Gasteiger partial charge >= 0.3 is 5.97 Å². The molecular formula is C18H22N2O5S. The first kappa shape index (κ1) is 18.6. The molecule has 0 radical (unpaired) electrons. The van der Waals surface area contributed by atoms with Crippen LogP contribution in [0.5, 0.6) is 0 Å². The Morgan fingerprint density at radius 2 is 2.00 bits per heavy atom. The molecule has 1 aliphatic heterocycles. The van der Waals surface area contributed by atoms with Crippen molar-refractivity contribution in [3.05, 3.63) is 36.0 Å². The number of carbonyl (C=O) groups excluding carboxylic acids is 2. The molecule has 2 heterocycles. The Bertz CT molecular complexity index is 948. The highest BCUT2D eigenvalue weighted by Gasteiger charge is 2.33. The van der Waals surface area contributed by atoms with E-state index < -0.39 is 21.9 Å². The van der Waals surface area contributed by atoms with E-state index >= 15 is 0 Å². The van der Waals surface area contributed by atoms with Crippen LogP contribution in [-0.2, 0) is 14.8 Å². The molecule has 0 spiro atoms. The number of piperidine rings is 1. The third-order valence-electron chi connectivity index (χ3n) is 4.85. The molecule has 1 atom stereocenters. The zero-order valence-electron chi connectivity index (χ0n) is 14.8. The van der Waals surface area contributed by atoms with Crippen molar-refractivity contribution in [1.29, 1.82) is 0 Å². The molecule has 8 heteroatoms. The Hall–Kier alpha value is -2.19. The second kappa shape index (κ2) is 7.20. The summed E-state index contributed by atoms with van der Waals surface area (Å²) in [5.41, 5.74) is 0.943. The van der Waals surface area contributed by atoms with Crippen LogP contribution in [0.4, 0.5) is 0 Å². The van der Waals surface area contributed by atoms with Crippen LogP contribution in [0.15, 0.2) is 30.5 Å². The molecule has 26 heavy (non-hydrogen) atoms. The standard InChI is InChI=1S/C18H22N2O5S/c1-3-26(23,24)19-10-6-7-13(11-19)17(21)20-12-15(18(22)25-2)14-8-4-5-9-16(14)20/h4-5,8-9,12-13H,3,6-7,10-11H2,1-2H3. The predicted octanol–water partition coefficient (Wildman–Crippen LogP) is 2.13. The molecule has 7 nitrogen and oxygen atoms in total. The molecule has 0 aliphatic carbocycles. The summed E-state index contributed by atoms with van der Waals surface area (Å²) in [6, 6.07) is 7.12. The number of benzene rings is 1. The molecule has 1 aromatic carbocycles. The number of carbonyl (C=O) groups is 2. The first-order valence-electron chi connectivity index (χ1n) is 8.59. The lowest BCUT2D eigenvalue weighted by Crippen LogP contribution is -2.43. The van der Waals surface area contributed by atoms with Gasteiger partial charge in [0.25, 0.3) is 0 Å². The summed E-state index contributed by atoms with van der Waals surface area (Å²) >= 11 is 0. The van der Waals surface area contributed by atoms with Crippen molar-refractivity contribution in [2.45, 2.75) is 19.8 Å². The maximum atomic E-state index is 13.1. The van der Waals surface area contributed by atoms with Crippen molar-refractivity contribution >= 4 is 32.8 Å². The lowest BCUT2D eigenvalue weighted by atomic mass is 9.98. The van der Waals surface area contributed by atoms with Gasteiger partial charge in [-0.25, -0.2) is 17.5 Å². The Morgan fingerprint density at radius 3 is 2.69 bits per heavy atom. The van der Waals surface area contributed by atoms with E-state index in [1.54, 1.807) is 31.2 Å². The maximum Gasteiger partial charge on any atom is 0.340 e. The number of esters is 1. The number of methoxy groups -OCH3 is 1. The molecule has 3 rings (SSSR count). The first-order chi connectivity index (χ1) is 12.4. The van der Waals surface area contributed by atoms with Crippen molar-refractivity contribution in [2.75, 3.05) is 26.0 Å². The molecule has 1 saturated heterocycles. The third-order valence-corrected chi connectivity index (χ3v) is 6.69. The summed E-state index contributed by atoms with van der Waals surface area (Å²) in [6.07, 6.45) is 2.75. The molecule has 2 aromatic rings. The van der Waals surface area contributed by atoms with Crippen LogP contribution >= 0.6 is 0 Å². The highest BCUT2D eigenvalue weighted by molar-refractivity contribution is 7.89. The first-order valence-corrected chi connectivity index (χ1v) is 10.2. The number of sulfonamides is 1. The number of aromatic nitrogens is 1. The van der Waals surface area contributed by atoms with Gasteiger partial charge in [-0.2, -0.15) is 0 Å². The minimum Gasteiger partial charge on any atom is -0.465 e. The van der Waals surface area contributed by atoms with Crippen molar-refractivity contribution in [3.8, 4) is 0 Å². The summed E-state index contributed by atoms with van der Waals surface area (Å²) in [7, 11) is -2.03. The number of hydrogen-bond acceptors (Lipinski definition) is 5. The van der Waals surface area contributed by atoms with Crippen molar-refractivity contribution < 1.29 is 22.7 Å². The van der Waals surface area contributed by atoms with Crippen LogP contribution in [0.2, 0.25) is 0 Å². The van der Waals surface area contributed by atoms with Crippen molar-refractivity contribution in [2.24, 2.45) is 5.92 Å². The van der Waals surface area contributed by atoms with Gasteiger partial charge in [0.1, 0.15) is 0 Å². The van der Waals surface area contributed by atoms with Crippen LogP contribution in [0.3, 0.4) is 0 Å². The summed E-state index contributed by atoms with van der Waals surface area (Å²) in [5.74, 6) is -1.13. The Kier molecular flexibility index (Phi) is 5.15. The average molecular weight is 378 g/mol. The van der Waals surface area contributed by atoms with E-state index in [4.69, 9.17) is 4.74 Å². The molecule has 0 bridgehead atoms. The predicted molar refractivity (Wildman–Crippen MR) is 97.7 cm³/mol. The fourth-order valence-electron chi connectivity index (χ4n) is 3.41. The Labute approximate surface area is 152 Å². The van der Waals surface area contributed by atoms with E-state index in [0.29, 0.717) is 35.9 Å². The van der Waals surface area contributed by atoms with Crippen LogP contribution in [-0.4, -0.2) is 55.1 Å². The molecule has 140 valence electrons. The molecule has 1 aromatic heterocycles. The average Bonchev–Trinajstić information content (AvgIpc) is 3.06. The van der Waals surface area contributed by atoms with Gasteiger partial charge in [0, 0.05) is 24.7 Å². The van der Waals surface area contributed by atoms with Crippen LogP contribution in [0.25, 0.3) is 10.9 Å². The number of fused-ring (bicyclic) bond motifs is 1. The summed E-state index contributed by atoms with van der Waals surface area (Å²) in [4.78, 5) is 25.1. The fraction of sp³-hybridized carbons (Fsp3) is 0.444. The number of para-hydroxylation sites is 1. The van der Waals surface area contributed by atoms with Gasteiger partial charge in [-0.3, -0.25) is 9.36 Å². The number of hydrogen-bond donors (Lipinski definition) is 0. The van der Waals surface area contributed by atoms with E-state index in [2.05, 4.69) is 0 Å². The summed E-state index contributed by atoms with van der Waals surface area (Å²) in [5, 5.41) is 0.640. The molecule has 0 amide bonds. The Balaban J connectivity index is 1.96. The van der Waals surface area contributed by atoms with Crippen molar-refractivity contribution in [3.63, 3.8) is 0 Å². The lowest BCUT2D eigenvalue weighted by Gasteiger charge is -2.31. The second-order valence-electron chi connectivity index (χ2n) is 6.36. The van der Waals surface area contributed by atoms with E-state index in [0.717, 1.165) is 0 Å². The zero-order valence-corrected chi connectivity index (χ0v) is 15.7. The molecule has 1 fully saturated rings. The smallest absolute Gasteiger partial charge is 0.340 e. The summed E-state index contributed by atoms with van der Waals surface area (Å²) in [6.45, 7) is 2.22. The minimum atomic E-state index is -3.33. The highest BCUT2D eigenvalue weighted by Crippen LogP contribution is 2.26. The van der Waals surface area contributed by atoms with Crippen LogP contribution in [0.1, 0.15) is 34.9 Å². The zero-order chi connectivity index (χ0) is 18.9. The Morgan fingerprint density at radius 1 is 1.27 bits per heavy atom. The quantitative estimate of drug-likeness (QED) is 0.761. The van der Waals surface area contributed by atoms with Gasteiger partial charge in [0.2, 0.25) is 15.9 Å². The largest absolute Gasteiger partial charge is 0.465 e. The third kappa shape index (κ3) is 3.26. The van der Waals surface area contributed by atoms with Crippen LogP contribution < -0.4 is 0 Å². The van der Waals surface area contributed by atoms with E-state index in [9.17, 15) is 18.0 Å². The minimum absolute atomic E-state index is 0.0207. The fourth-order valence-corrected chi connectivity index (χ4v) is 4.59. The molecule has 0 saturated carbocycles. The number of nitrogens with zero attached hydrogens (tertiary/aromatic N) is 2.